The summed E-state index contributed by atoms with van der Waals surface area (Å²) in [6.45, 7) is 3.60. The molecule has 1 atom stereocenters. The number of primary amides is 1. The number of benzene rings is 1. The van der Waals surface area contributed by atoms with Gasteiger partial charge in [0.2, 0.25) is 5.91 Å². The summed E-state index contributed by atoms with van der Waals surface area (Å²) in [5.74, 6) is -1.34. The highest BCUT2D eigenvalue weighted by molar-refractivity contribution is 5.94. The first kappa shape index (κ1) is 14.0. The van der Waals surface area contributed by atoms with E-state index in [0.29, 0.717) is 12.0 Å². The van der Waals surface area contributed by atoms with Gasteiger partial charge in [-0.25, -0.2) is 4.79 Å². The Morgan fingerprint density at radius 3 is 2.44 bits per heavy atom. The van der Waals surface area contributed by atoms with Crippen molar-refractivity contribution in [3.63, 3.8) is 0 Å². The number of hydrogen-bond acceptors (Lipinski definition) is 3. The highest BCUT2D eigenvalue weighted by atomic mass is 16.4. The molecule has 0 saturated carbocycles. The number of amides is 1. The monoisotopic (exact) mass is 250 g/mol. The van der Waals surface area contributed by atoms with Gasteiger partial charge in [-0.05, 0) is 37.1 Å². The first-order valence-electron chi connectivity index (χ1n) is 5.74. The number of rotatable bonds is 5. The molecule has 98 valence electrons. The van der Waals surface area contributed by atoms with E-state index in [0.717, 1.165) is 11.3 Å². The van der Waals surface area contributed by atoms with Crippen molar-refractivity contribution in [3.05, 3.63) is 29.3 Å². The number of carboxylic acids is 1. The highest BCUT2D eigenvalue weighted by Crippen LogP contribution is 2.21. The lowest BCUT2D eigenvalue weighted by Crippen LogP contribution is -2.38. The highest BCUT2D eigenvalue weighted by Gasteiger charge is 2.21. The van der Waals surface area contributed by atoms with Gasteiger partial charge >= 0.3 is 5.97 Å². The summed E-state index contributed by atoms with van der Waals surface area (Å²) in [6.07, 6.45) is 0.502. The zero-order valence-corrected chi connectivity index (χ0v) is 10.8. The number of nitrogens with zero attached hydrogens (tertiary/aromatic N) is 1. The zero-order valence-electron chi connectivity index (χ0n) is 10.8. The molecule has 0 radical (unpaired) electrons. The van der Waals surface area contributed by atoms with Gasteiger partial charge in [-0.2, -0.15) is 0 Å². The molecule has 0 aromatic heterocycles. The molecule has 1 rings (SSSR count). The molecule has 1 aromatic carbocycles. The third-order valence-corrected chi connectivity index (χ3v) is 3.02. The lowest BCUT2D eigenvalue weighted by Gasteiger charge is -2.26. The maximum Gasteiger partial charge on any atom is 0.326 e. The quantitative estimate of drug-likeness (QED) is 0.827. The van der Waals surface area contributed by atoms with E-state index in [1.807, 2.05) is 6.92 Å². The average molecular weight is 250 g/mol. The van der Waals surface area contributed by atoms with Crippen molar-refractivity contribution in [1.82, 2.24) is 0 Å². The Kier molecular flexibility index (Phi) is 4.31. The summed E-state index contributed by atoms with van der Waals surface area (Å²) in [5, 5.41) is 9.10. The Balaban J connectivity index is 3.07. The summed E-state index contributed by atoms with van der Waals surface area (Å²) in [7, 11) is 1.72. The minimum Gasteiger partial charge on any atom is -0.480 e. The van der Waals surface area contributed by atoms with E-state index >= 15 is 0 Å². The number of likely N-dealkylation sites (N-methyl/N-ethyl adjacent to an activating group) is 1. The van der Waals surface area contributed by atoms with Crippen LogP contribution in [0.1, 0.15) is 29.3 Å². The third kappa shape index (κ3) is 2.80. The van der Waals surface area contributed by atoms with E-state index in [2.05, 4.69) is 0 Å². The Bertz CT molecular complexity index is 471. The summed E-state index contributed by atoms with van der Waals surface area (Å²) in [6, 6.07) is 4.52. The summed E-state index contributed by atoms with van der Waals surface area (Å²) >= 11 is 0. The molecule has 1 amide bonds. The molecule has 18 heavy (non-hydrogen) atoms. The molecule has 1 aromatic rings. The van der Waals surface area contributed by atoms with Gasteiger partial charge in [0.1, 0.15) is 6.04 Å². The van der Waals surface area contributed by atoms with Crippen molar-refractivity contribution in [3.8, 4) is 0 Å². The van der Waals surface area contributed by atoms with Gasteiger partial charge in [-0.3, -0.25) is 4.79 Å². The van der Waals surface area contributed by atoms with Crippen LogP contribution in [0.5, 0.6) is 0 Å². The van der Waals surface area contributed by atoms with Crippen molar-refractivity contribution < 1.29 is 14.7 Å². The third-order valence-electron chi connectivity index (χ3n) is 3.02. The van der Waals surface area contributed by atoms with Crippen LogP contribution in [0.4, 0.5) is 5.69 Å². The molecular weight excluding hydrogens is 232 g/mol. The van der Waals surface area contributed by atoms with Crippen LogP contribution >= 0.6 is 0 Å². The largest absolute Gasteiger partial charge is 0.480 e. The second-order valence-electron chi connectivity index (χ2n) is 4.24. The molecule has 0 spiro atoms. The second kappa shape index (κ2) is 5.53. The fourth-order valence-electron chi connectivity index (χ4n) is 1.94. The van der Waals surface area contributed by atoms with Crippen LogP contribution in [0, 0.1) is 6.92 Å². The fourth-order valence-corrected chi connectivity index (χ4v) is 1.94. The SMILES string of the molecule is CCC(C(=O)O)N(C)c1ccc(C(N)=O)c(C)c1. The summed E-state index contributed by atoms with van der Waals surface area (Å²) in [5.41, 5.74) is 7.18. The van der Waals surface area contributed by atoms with Gasteiger partial charge in [0.15, 0.2) is 0 Å². The number of aliphatic carboxylic acids is 1. The molecule has 0 aliphatic heterocycles. The van der Waals surface area contributed by atoms with Crippen LogP contribution in [0.25, 0.3) is 0 Å². The summed E-state index contributed by atoms with van der Waals surface area (Å²) in [4.78, 5) is 23.9. The normalized spacial score (nSPS) is 11.9. The van der Waals surface area contributed by atoms with Crippen molar-refractivity contribution in [2.24, 2.45) is 5.73 Å². The number of anilines is 1. The lowest BCUT2D eigenvalue weighted by molar-refractivity contribution is -0.138. The predicted octanol–water partition coefficient (Wildman–Crippen LogP) is 1.39. The Labute approximate surface area is 106 Å². The van der Waals surface area contributed by atoms with Crippen molar-refractivity contribution in [1.29, 1.82) is 0 Å². The topological polar surface area (TPSA) is 83.6 Å². The van der Waals surface area contributed by atoms with E-state index in [1.165, 1.54) is 0 Å². The van der Waals surface area contributed by atoms with Crippen LogP contribution in [-0.2, 0) is 4.79 Å². The van der Waals surface area contributed by atoms with E-state index in [1.54, 1.807) is 37.1 Å². The van der Waals surface area contributed by atoms with Crippen LogP contribution in [0.15, 0.2) is 18.2 Å². The van der Waals surface area contributed by atoms with E-state index < -0.39 is 17.9 Å². The predicted molar refractivity (Wildman–Crippen MR) is 69.8 cm³/mol. The summed E-state index contributed by atoms with van der Waals surface area (Å²) < 4.78 is 0. The number of carbonyl (C=O) groups excluding carboxylic acids is 1. The molecule has 5 heteroatoms. The van der Waals surface area contributed by atoms with Crippen LogP contribution < -0.4 is 10.6 Å². The molecular formula is C13H18N2O3. The number of carbonyl (C=O) groups is 2. The first-order valence-corrected chi connectivity index (χ1v) is 5.74. The lowest BCUT2D eigenvalue weighted by atomic mass is 10.1. The Hall–Kier alpha value is -2.04. The number of nitrogens with two attached hydrogens (primary N) is 1. The minimum atomic E-state index is -0.864. The Morgan fingerprint density at radius 1 is 1.44 bits per heavy atom. The van der Waals surface area contributed by atoms with Gasteiger partial charge in [0.25, 0.3) is 0 Å². The maximum absolute atomic E-state index is 11.1. The van der Waals surface area contributed by atoms with E-state index in [4.69, 9.17) is 10.8 Å². The number of hydrogen-bond donors (Lipinski definition) is 2. The molecule has 0 aliphatic rings. The number of carboxylic acid groups (broad SMARTS) is 1. The second-order valence-corrected chi connectivity index (χ2v) is 4.24. The van der Waals surface area contributed by atoms with E-state index in [9.17, 15) is 9.59 Å². The minimum absolute atomic E-state index is 0.454. The molecule has 5 nitrogen and oxygen atoms in total. The van der Waals surface area contributed by atoms with Gasteiger partial charge in [-0.1, -0.05) is 6.92 Å². The molecule has 1 unspecified atom stereocenters. The zero-order chi connectivity index (χ0) is 13.9. The molecule has 0 aliphatic carbocycles. The first-order chi connectivity index (χ1) is 8.38. The van der Waals surface area contributed by atoms with Crippen molar-refractivity contribution in [2.75, 3.05) is 11.9 Å². The number of aryl methyl sites for hydroxylation is 1. The molecule has 0 fully saturated rings. The molecule has 0 saturated heterocycles. The van der Waals surface area contributed by atoms with Gasteiger partial charge in [0, 0.05) is 18.3 Å². The van der Waals surface area contributed by atoms with Crippen molar-refractivity contribution in [2.45, 2.75) is 26.3 Å². The van der Waals surface area contributed by atoms with Crippen LogP contribution in [-0.4, -0.2) is 30.1 Å². The molecule has 3 N–H and O–H groups in total. The van der Waals surface area contributed by atoms with E-state index in [-0.39, 0.29) is 0 Å². The van der Waals surface area contributed by atoms with Gasteiger partial charge in [-0.15, -0.1) is 0 Å². The smallest absolute Gasteiger partial charge is 0.326 e. The molecule has 0 heterocycles. The average Bonchev–Trinajstić information content (AvgIpc) is 2.28. The van der Waals surface area contributed by atoms with Crippen LogP contribution in [0.2, 0.25) is 0 Å². The van der Waals surface area contributed by atoms with Crippen LogP contribution in [0.3, 0.4) is 0 Å². The van der Waals surface area contributed by atoms with Gasteiger partial charge < -0.3 is 15.7 Å². The molecule has 0 bridgehead atoms. The van der Waals surface area contributed by atoms with Crippen molar-refractivity contribution >= 4 is 17.6 Å². The standard InChI is InChI=1S/C13H18N2O3/c1-4-11(13(17)18)15(3)9-5-6-10(12(14)16)8(2)7-9/h5-7,11H,4H2,1-3H3,(H2,14,16)(H,17,18). The maximum atomic E-state index is 11.1. The Morgan fingerprint density at radius 2 is 2.06 bits per heavy atom. The van der Waals surface area contributed by atoms with Gasteiger partial charge in [0.05, 0.1) is 0 Å². The fraction of sp³-hybridized carbons (Fsp3) is 0.385.